The quantitative estimate of drug-likeness (QED) is 0.708. The van der Waals surface area contributed by atoms with Crippen molar-refractivity contribution in [2.45, 2.75) is 45.1 Å². The molecule has 0 saturated carbocycles. The van der Waals surface area contributed by atoms with Crippen LogP contribution in [-0.2, 0) is 9.59 Å². The second-order valence-electron chi connectivity index (χ2n) is 5.45. The largest absolute Gasteiger partial charge is 0.332 e. The SMILES string of the molecule is CCC1CCCCCN1C(=O)C(=O)N1CCNCC1. The summed E-state index contributed by atoms with van der Waals surface area (Å²) in [4.78, 5) is 28.2. The average molecular weight is 267 g/mol. The molecular weight excluding hydrogens is 242 g/mol. The zero-order valence-corrected chi connectivity index (χ0v) is 11.9. The number of piperazine rings is 1. The van der Waals surface area contributed by atoms with Crippen LogP contribution in [0.2, 0.25) is 0 Å². The van der Waals surface area contributed by atoms with E-state index in [0.717, 1.165) is 38.9 Å². The number of hydrogen-bond acceptors (Lipinski definition) is 3. The number of amides is 2. The van der Waals surface area contributed by atoms with Gasteiger partial charge < -0.3 is 15.1 Å². The molecule has 2 fully saturated rings. The second kappa shape index (κ2) is 6.89. The molecule has 1 unspecified atom stereocenters. The van der Waals surface area contributed by atoms with Crippen LogP contribution in [0.5, 0.6) is 0 Å². The predicted octanol–water partition coefficient (Wildman–Crippen LogP) is 0.599. The maximum absolute atomic E-state index is 12.4. The van der Waals surface area contributed by atoms with Crippen molar-refractivity contribution >= 4 is 11.8 Å². The molecule has 108 valence electrons. The van der Waals surface area contributed by atoms with Gasteiger partial charge in [0.25, 0.3) is 0 Å². The van der Waals surface area contributed by atoms with Crippen molar-refractivity contribution in [1.29, 1.82) is 0 Å². The third-order valence-electron chi connectivity index (χ3n) is 4.20. The van der Waals surface area contributed by atoms with E-state index < -0.39 is 0 Å². The van der Waals surface area contributed by atoms with E-state index in [1.54, 1.807) is 4.90 Å². The van der Waals surface area contributed by atoms with E-state index in [1.807, 2.05) is 4.90 Å². The molecule has 0 aromatic carbocycles. The van der Waals surface area contributed by atoms with Crippen LogP contribution in [0.25, 0.3) is 0 Å². The minimum atomic E-state index is -0.304. The Morgan fingerprint density at radius 1 is 1.05 bits per heavy atom. The lowest BCUT2D eigenvalue weighted by Gasteiger charge is -2.32. The average Bonchev–Trinajstić information content (AvgIpc) is 2.71. The number of carbonyl (C=O) groups is 2. The zero-order chi connectivity index (χ0) is 13.7. The van der Waals surface area contributed by atoms with Gasteiger partial charge in [-0.3, -0.25) is 9.59 Å². The number of nitrogens with one attached hydrogen (secondary N) is 1. The molecule has 2 rings (SSSR count). The van der Waals surface area contributed by atoms with Gasteiger partial charge in [0, 0.05) is 38.8 Å². The summed E-state index contributed by atoms with van der Waals surface area (Å²) in [7, 11) is 0. The van der Waals surface area contributed by atoms with Crippen LogP contribution < -0.4 is 5.32 Å². The van der Waals surface area contributed by atoms with E-state index in [0.29, 0.717) is 13.1 Å². The minimum Gasteiger partial charge on any atom is -0.332 e. The molecule has 1 N–H and O–H groups in total. The van der Waals surface area contributed by atoms with Crippen LogP contribution in [0.1, 0.15) is 39.0 Å². The molecule has 2 saturated heterocycles. The first-order chi connectivity index (χ1) is 9.24. The molecule has 2 amide bonds. The topological polar surface area (TPSA) is 52.7 Å². The van der Waals surface area contributed by atoms with Crippen LogP contribution in [-0.4, -0.2) is 60.4 Å². The van der Waals surface area contributed by atoms with Crippen LogP contribution in [0.3, 0.4) is 0 Å². The molecule has 5 nitrogen and oxygen atoms in total. The summed E-state index contributed by atoms with van der Waals surface area (Å²) in [5, 5.41) is 3.20. The lowest BCUT2D eigenvalue weighted by molar-refractivity contribution is -0.153. The zero-order valence-electron chi connectivity index (χ0n) is 11.9. The fraction of sp³-hybridized carbons (Fsp3) is 0.857. The van der Waals surface area contributed by atoms with Gasteiger partial charge in [0.1, 0.15) is 0 Å². The fourth-order valence-electron chi connectivity index (χ4n) is 3.00. The maximum Gasteiger partial charge on any atom is 0.312 e. The van der Waals surface area contributed by atoms with Gasteiger partial charge in [-0.05, 0) is 19.3 Å². The van der Waals surface area contributed by atoms with Crippen molar-refractivity contribution in [3.63, 3.8) is 0 Å². The Labute approximate surface area is 115 Å². The van der Waals surface area contributed by atoms with Crippen molar-refractivity contribution in [1.82, 2.24) is 15.1 Å². The van der Waals surface area contributed by atoms with Crippen molar-refractivity contribution in [3.05, 3.63) is 0 Å². The maximum atomic E-state index is 12.4. The summed E-state index contributed by atoms with van der Waals surface area (Å²) in [6.07, 6.45) is 5.35. The molecule has 1 atom stereocenters. The fourth-order valence-corrected chi connectivity index (χ4v) is 3.00. The first-order valence-corrected chi connectivity index (χ1v) is 7.54. The van der Waals surface area contributed by atoms with Crippen LogP contribution in [0.4, 0.5) is 0 Å². The summed E-state index contributed by atoms with van der Waals surface area (Å²) in [5.41, 5.74) is 0. The van der Waals surface area contributed by atoms with Gasteiger partial charge in [0.05, 0.1) is 0 Å². The molecule has 2 heterocycles. The number of carbonyl (C=O) groups excluding carboxylic acids is 2. The summed E-state index contributed by atoms with van der Waals surface area (Å²) in [6, 6.07) is 0.252. The van der Waals surface area contributed by atoms with Gasteiger partial charge in [-0.2, -0.15) is 0 Å². The van der Waals surface area contributed by atoms with E-state index in [-0.39, 0.29) is 17.9 Å². The highest BCUT2D eigenvalue weighted by atomic mass is 16.2. The molecule has 0 aromatic rings. The second-order valence-corrected chi connectivity index (χ2v) is 5.45. The molecule has 2 aliphatic rings. The molecule has 0 spiro atoms. The standard InChI is InChI=1S/C14H25N3O2/c1-2-12-6-4-3-5-9-17(12)14(19)13(18)16-10-7-15-8-11-16/h12,15H,2-11H2,1H3. The van der Waals surface area contributed by atoms with Gasteiger partial charge in [-0.1, -0.05) is 19.8 Å². The van der Waals surface area contributed by atoms with E-state index in [4.69, 9.17) is 0 Å². The van der Waals surface area contributed by atoms with Crippen molar-refractivity contribution in [2.24, 2.45) is 0 Å². The normalized spacial score (nSPS) is 25.0. The lowest BCUT2D eigenvalue weighted by Crippen LogP contribution is -2.53. The highest BCUT2D eigenvalue weighted by molar-refractivity contribution is 6.35. The van der Waals surface area contributed by atoms with E-state index in [1.165, 1.54) is 12.8 Å². The van der Waals surface area contributed by atoms with Gasteiger partial charge in [-0.25, -0.2) is 0 Å². The Hall–Kier alpha value is -1.10. The van der Waals surface area contributed by atoms with Crippen molar-refractivity contribution in [2.75, 3.05) is 32.7 Å². The van der Waals surface area contributed by atoms with Gasteiger partial charge in [0.2, 0.25) is 0 Å². The lowest BCUT2D eigenvalue weighted by atomic mass is 10.1. The van der Waals surface area contributed by atoms with Crippen LogP contribution >= 0.6 is 0 Å². The molecular formula is C14H25N3O2. The number of rotatable bonds is 1. The Morgan fingerprint density at radius 3 is 2.47 bits per heavy atom. The van der Waals surface area contributed by atoms with Crippen molar-refractivity contribution in [3.8, 4) is 0 Å². The summed E-state index contributed by atoms with van der Waals surface area (Å²) >= 11 is 0. The van der Waals surface area contributed by atoms with Crippen LogP contribution in [0.15, 0.2) is 0 Å². The van der Waals surface area contributed by atoms with Crippen LogP contribution in [0, 0.1) is 0 Å². The number of hydrogen-bond donors (Lipinski definition) is 1. The Balaban J connectivity index is 2.01. The smallest absolute Gasteiger partial charge is 0.312 e. The molecule has 2 aliphatic heterocycles. The Kier molecular flexibility index (Phi) is 5.19. The number of nitrogens with zero attached hydrogens (tertiary/aromatic N) is 2. The van der Waals surface area contributed by atoms with Gasteiger partial charge >= 0.3 is 11.8 Å². The third-order valence-corrected chi connectivity index (χ3v) is 4.20. The van der Waals surface area contributed by atoms with Gasteiger partial charge in [-0.15, -0.1) is 0 Å². The summed E-state index contributed by atoms with van der Waals surface area (Å²) < 4.78 is 0. The highest BCUT2D eigenvalue weighted by Gasteiger charge is 2.31. The minimum absolute atomic E-state index is 0.252. The molecule has 19 heavy (non-hydrogen) atoms. The Bertz CT molecular complexity index is 327. The third kappa shape index (κ3) is 3.47. The van der Waals surface area contributed by atoms with E-state index in [9.17, 15) is 9.59 Å². The highest BCUT2D eigenvalue weighted by Crippen LogP contribution is 2.19. The van der Waals surface area contributed by atoms with E-state index >= 15 is 0 Å². The molecule has 0 radical (unpaired) electrons. The Morgan fingerprint density at radius 2 is 1.79 bits per heavy atom. The predicted molar refractivity (Wildman–Crippen MR) is 73.7 cm³/mol. The summed E-state index contributed by atoms with van der Waals surface area (Å²) in [5.74, 6) is -0.586. The summed E-state index contributed by atoms with van der Waals surface area (Å²) in [6.45, 7) is 5.72. The van der Waals surface area contributed by atoms with Crippen molar-refractivity contribution < 1.29 is 9.59 Å². The number of likely N-dealkylation sites (tertiary alicyclic amines) is 1. The molecule has 0 bridgehead atoms. The van der Waals surface area contributed by atoms with Gasteiger partial charge in [0.15, 0.2) is 0 Å². The monoisotopic (exact) mass is 267 g/mol. The first kappa shape index (κ1) is 14.3. The molecule has 0 aromatic heterocycles. The van der Waals surface area contributed by atoms with E-state index in [2.05, 4.69) is 12.2 Å². The molecule has 5 heteroatoms. The molecule has 0 aliphatic carbocycles. The first-order valence-electron chi connectivity index (χ1n) is 7.54.